The molecule has 1 aliphatic heterocycles. The lowest BCUT2D eigenvalue weighted by Gasteiger charge is -2.34. The number of carbonyl (C=O) groups is 1. The molecule has 0 unspecified atom stereocenters. The van der Waals surface area contributed by atoms with Crippen LogP contribution in [0.1, 0.15) is 25.3 Å². The van der Waals surface area contributed by atoms with E-state index in [0.717, 1.165) is 36.0 Å². The molecule has 1 aliphatic rings. The van der Waals surface area contributed by atoms with Crippen LogP contribution in [0.3, 0.4) is 0 Å². The minimum atomic E-state index is 0.166. The molecule has 1 saturated heterocycles. The van der Waals surface area contributed by atoms with Crippen molar-refractivity contribution >= 4 is 21.8 Å². The van der Waals surface area contributed by atoms with E-state index < -0.39 is 0 Å². The number of nitrogens with two attached hydrogens (primary N) is 1. The topological polar surface area (TPSA) is 46.3 Å². The molecule has 1 aromatic carbocycles. The molecule has 2 atom stereocenters. The number of hydrogen-bond acceptors (Lipinski definition) is 2. The summed E-state index contributed by atoms with van der Waals surface area (Å²) in [7, 11) is 0. The van der Waals surface area contributed by atoms with E-state index in [0.29, 0.717) is 12.3 Å². The average Bonchev–Trinajstić information content (AvgIpc) is 2.41. The summed E-state index contributed by atoms with van der Waals surface area (Å²) in [6, 6.07) is 8.07. The predicted molar refractivity (Wildman–Crippen MR) is 80.8 cm³/mol. The molecular formula is C15H21BrN2O. The molecule has 0 aliphatic carbocycles. The first-order valence-electron chi connectivity index (χ1n) is 6.84. The molecule has 2 N–H and O–H groups in total. The highest BCUT2D eigenvalue weighted by atomic mass is 79.9. The van der Waals surface area contributed by atoms with Crippen molar-refractivity contribution in [1.82, 2.24) is 4.90 Å². The van der Waals surface area contributed by atoms with Gasteiger partial charge in [-0.3, -0.25) is 4.79 Å². The van der Waals surface area contributed by atoms with Crippen LogP contribution < -0.4 is 5.73 Å². The quantitative estimate of drug-likeness (QED) is 0.928. The standard InChI is InChI=1S/C15H21BrN2O/c1-11(17)13-6-4-8-18(10-13)15(19)9-12-5-2-3-7-14(12)16/h2-3,5,7,11,13H,4,6,8-10,17H2,1H3/t11-,13+/m1/s1. The van der Waals surface area contributed by atoms with Crippen LogP contribution in [0.25, 0.3) is 0 Å². The summed E-state index contributed by atoms with van der Waals surface area (Å²) in [6.07, 6.45) is 2.66. The lowest BCUT2D eigenvalue weighted by molar-refractivity contribution is -0.132. The molecular weight excluding hydrogens is 304 g/mol. The highest BCUT2D eigenvalue weighted by Crippen LogP contribution is 2.21. The molecule has 4 heteroatoms. The highest BCUT2D eigenvalue weighted by molar-refractivity contribution is 9.10. The maximum atomic E-state index is 12.4. The Bertz CT molecular complexity index is 448. The van der Waals surface area contributed by atoms with Crippen LogP contribution in [0, 0.1) is 5.92 Å². The van der Waals surface area contributed by atoms with Crippen LogP contribution in [-0.4, -0.2) is 29.9 Å². The van der Waals surface area contributed by atoms with Gasteiger partial charge in [-0.2, -0.15) is 0 Å². The van der Waals surface area contributed by atoms with E-state index in [9.17, 15) is 4.79 Å². The normalized spacial score (nSPS) is 21.2. The summed E-state index contributed by atoms with van der Waals surface area (Å²) >= 11 is 3.49. The summed E-state index contributed by atoms with van der Waals surface area (Å²) in [5.41, 5.74) is 7.01. The Morgan fingerprint density at radius 2 is 2.26 bits per heavy atom. The van der Waals surface area contributed by atoms with Gasteiger partial charge in [-0.05, 0) is 37.3 Å². The number of rotatable bonds is 3. The maximum absolute atomic E-state index is 12.4. The van der Waals surface area contributed by atoms with Gasteiger partial charge < -0.3 is 10.6 Å². The van der Waals surface area contributed by atoms with Crippen molar-refractivity contribution in [2.75, 3.05) is 13.1 Å². The van der Waals surface area contributed by atoms with E-state index in [2.05, 4.69) is 15.9 Å². The number of piperidine rings is 1. The first-order valence-corrected chi connectivity index (χ1v) is 7.64. The zero-order chi connectivity index (χ0) is 13.8. The third kappa shape index (κ3) is 3.80. The van der Waals surface area contributed by atoms with Gasteiger partial charge in [0.05, 0.1) is 6.42 Å². The number of benzene rings is 1. The number of likely N-dealkylation sites (tertiary alicyclic amines) is 1. The molecule has 0 spiro atoms. The maximum Gasteiger partial charge on any atom is 0.227 e. The van der Waals surface area contributed by atoms with Crippen molar-refractivity contribution in [3.63, 3.8) is 0 Å². The van der Waals surface area contributed by atoms with E-state index in [-0.39, 0.29) is 11.9 Å². The first kappa shape index (κ1) is 14.5. The molecule has 1 heterocycles. The van der Waals surface area contributed by atoms with Crippen LogP contribution in [0.2, 0.25) is 0 Å². The summed E-state index contributed by atoms with van der Waals surface area (Å²) in [5.74, 6) is 0.647. The van der Waals surface area contributed by atoms with Crippen molar-refractivity contribution in [3.05, 3.63) is 34.3 Å². The molecule has 1 fully saturated rings. The predicted octanol–water partition coefficient (Wildman–Crippen LogP) is 2.58. The fraction of sp³-hybridized carbons (Fsp3) is 0.533. The Morgan fingerprint density at radius 1 is 1.53 bits per heavy atom. The first-order chi connectivity index (χ1) is 9.08. The number of hydrogen-bond donors (Lipinski definition) is 1. The SMILES string of the molecule is C[C@@H](N)[C@H]1CCCN(C(=O)Cc2ccccc2Br)C1. The van der Waals surface area contributed by atoms with Gasteiger partial charge in [0, 0.05) is 23.6 Å². The third-order valence-corrected chi connectivity index (χ3v) is 4.63. The summed E-state index contributed by atoms with van der Waals surface area (Å²) in [6.45, 7) is 3.71. The summed E-state index contributed by atoms with van der Waals surface area (Å²) in [4.78, 5) is 14.3. The Morgan fingerprint density at radius 3 is 2.95 bits per heavy atom. The fourth-order valence-corrected chi connectivity index (χ4v) is 3.01. The van der Waals surface area contributed by atoms with Crippen molar-refractivity contribution in [3.8, 4) is 0 Å². The number of amides is 1. The molecule has 0 bridgehead atoms. The Balaban J connectivity index is 1.98. The Kier molecular flexibility index (Phi) is 4.99. The lowest BCUT2D eigenvalue weighted by Crippen LogP contribution is -2.45. The number of carbonyl (C=O) groups excluding carboxylic acids is 1. The molecule has 0 radical (unpaired) electrons. The second-order valence-corrected chi connectivity index (χ2v) is 6.22. The van der Waals surface area contributed by atoms with Crippen molar-refractivity contribution in [2.24, 2.45) is 11.7 Å². The largest absolute Gasteiger partial charge is 0.342 e. The van der Waals surface area contributed by atoms with Gasteiger partial charge >= 0.3 is 0 Å². The van der Waals surface area contributed by atoms with E-state index in [1.165, 1.54) is 0 Å². The highest BCUT2D eigenvalue weighted by Gasteiger charge is 2.25. The third-order valence-electron chi connectivity index (χ3n) is 3.85. The van der Waals surface area contributed by atoms with Crippen molar-refractivity contribution in [1.29, 1.82) is 0 Å². The van der Waals surface area contributed by atoms with E-state index in [1.54, 1.807) is 0 Å². The molecule has 19 heavy (non-hydrogen) atoms. The van der Waals surface area contributed by atoms with Gasteiger partial charge in [-0.25, -0.2) is 0 Å². The number of nitrogens with zero attached hydrogens (tertiary/aromatic N) is 1. The molecule has 0 saturated carbocycles. The second-order valence-electron chi connectivity index (χ2n) is 5.37. The lowest BCUT2D eigenvalue weighted by atomic mass is 9.92. The second kappa shape index (κ2) is 6.53. The molecule has 3 nitrogen and oxygen atoms in total. The van der Waals surface area contributed by atoms with E-state index in [1.807, 2.05) is 36.1 Å². The molecule has 1 amide bonds. The summed E-state index contributed by atoms with van der Waals surface area (Å²) in [5, 5.41) is 0. The van der Waals surface area contributed by atoms with Crippen LogP contribution in [-0.2, 0) is 11.2 Å². The van der Waals surface area contributed by atoms with E-state index in [4.69, 9.17) is 5.73 Å². The molecule has 2 rings (SSSR count). The van der Waals surface area contributed by atoms with Gasteiger partial charge in [0.25, 0.3) is 0 Å². The Labute approximate surface area is 123 Å². The van der Waals surface area contributed by atoms with Crippen LogP contribution in [0.4, 0.5) is 0 Å². The monoisotopic (exact) mass is 324 g/mol. The molecule has 0 aromatic heterocycles. The van der Waals surface area contributed by atoms with Gasteiger partial charge in [-0.15, -0.1) is 0 Å². The van der Waals surface area contributed by atoms with E-state index >= 15 is 0 Å². The van der Waals surface area contributed by atoms with Gasteiger partial charge in [0.1, 0.15) is 0 Å². The van der Waals surface area contributed by atoms with Crippen LogP contribution >= 0.6 is 15.9 Å². The van der Waals surface area contributed by atoms with Crippen LogP contribution in [0.15, 0.2) is 28.7 Å². The van der Waals surface area contributed by atoms with Gasteiger partial charge in [-0.1, -0.05) is 34.1 Å². The fourth-order valence-electron chi connectivity index (χ4n) is 2.58. The van der Waals surface area contributed by atoms with Crippen molar-refractivity contribution in [2.45, 2.75) is 32.2 Å². The smallest absolute Gasteiger partial charge is 0.227 e. The average molecular weight is 325 g/mol. The number of halogens is 1. The minimum absolute atomic E-state index is 0.166. The van der Waals surface area contributed by atoms with Crippen molar-refractivity contribution < 1.29 is 4.79 Å². The van der Waals surface area contributed by atoms with Gasteiger partial charge in [0.15, 0.2) is 0 Å². The zero-order valence-electron chi connectivity index (χ0n) is 11.3. The summed E-state index contributed by atoms with van der Waals surface area (Å²) < 4.78 is 1.00. The van der Waals surface area contributed by atoms with Gasteiger partial charge in [0.2, 0.25) is 5.91 Å². The molecule has 104 valence electrons. The minimum Gasteiger partial charge on any atom is -0.342 e. The zero-order valence-corrected chi connectivity index (χ0v) is 12.9. The van der Waals surface area contributed by atoms with Crippen LogP contribution in [0.5, 0.6) is 0 Å². The Hall–Kier alpha value is -0.870. The molecule has 1 aromatic rings.